The number of hydrogen-bond donors (Lipinski definition) is 1. The van der Waals surface area contributed by atoms with E-state index in [4.69, 9.17) is 5.73 Å². The number of benzene rings is 1. The van der Waals surface area contributed by atoms with Crippen molar-refractivity contribution in [3.8, 4) is 0 Å². The highest BCUT2D eigenvalue weighted by Gasteiger charge is 2.17. The number of amides is 1. The molecule has 0 aliphatic rings. The van der Waals surface area contributed by atoms with Crippen LogP contribution in [0.25, 0.3) is 0 Å². The van der Waals surface area contributed by atoms with Gasteiger partial charge in [-0.25, -0.2) is 4.98 Å². The van der Waals surface area contributed by atoms with Gasteiger partial charge in [-0.2, -0.15) is 0 Å². The van der Waals surface area contributed by atoms with Crippen LogP contribution in [0, 0.1) is 13.8 Å². The lowest BCUT2D eigenvalue weighted by Gasteiger charge is -2.17. The van der Waals surface area contributed by atoms with E-state index in [1.165, 1.54) is 11.3 Å². The minimum absolute atomic E-state index is 0.0884. The molecule has 20 heavy (non-hydrogen) atoms. The Labute approximate surface area is 123 Å². The Morgan fingerprint density at radius 1 is 1.30 bits per heavy atom. The van der Waals surface area contributed by atoms with Crippen LogP contribution in [-0.2, 0) is 6.42 Å². The third kappa shape index (κ3) is 3.23. The molecule has 4 nitrogen and oxygen atoms in total. The molecule has 2 N–H and O–H groups in total. The van der Waals surface area contributed by atoms with Crippen molar-refractivity contribution in [3.05, 3.63) is 45.4 Å². The number of rotatable bonds is 4. The van der Waals surface area contributed by atoms with Gasteiger partial charge in [0, 0.05) is 24.5 Å². The normalized spacial score (nSPS) is 10.6. The van der Waals surface area contributed by atoms with E-state index >= 15 is 0 Å². The maximum Gasteiger partial charge on any atom is 0.277 e. The van der Waals surface area contributed by atoms with Gasteiger partial charge in [0.05, 0.1) is 5.01 Å². The Kier molecular flexibility index (Phi) is 4.52. The van der Waals surface area contributed by atoms with Crippen LogP contribution in [-0.4, -0.2) is 24.5 Å². The Morgan fingerprint density at radius 3 is 2.55 bits per heavy atom. The first-order valence-corrected chi connectivity index (χ1v) is 7.40. The standard InChI is InChI=1S/C15H19N3OS/c1-10-6-11(2)8-12(7-10)18(3)15(19)13-9-20-14(17-13)4-5-16/h6-9H,4-5,16H2,1-3H3. The molecule has 0 unspecified atom stereocenters. The number of thiazole rings is 1. The first-order chi connectivity index (χ1) is 9.51. The molecular formula is C15H19N3OS. The van der Waals surface area contributed by atoms with Crippen molar-refractivity contribution in [1.29, 1.82) is 0 Å². The van der Waals surface area contributed by atoms with Crippen LogP contribution >= 0.6 is 11.3 Å². The van der Waals surface area contributed by atoms with Crippen LogP contribution in [0.4, 0.5) is 5.69 Å². The van der Waals surface area contributed by atoms with Crippen molar-refractivity contribution in [2.45, 2.75) is 20.3 Å². The highest BCUT2D eigenvalue weighted by Crippen LogP contribution is 2.20. The summed E-state index contributed by atoms with van der Waals surface area (Å²) in [6, 6.07) is 6.08. The predicted molar refractivity (Wildman–Crippen MR) is 83.5 cm³/mol. The number of aryl methyl sites for hydroxylation is 2. The van der Waals surface area contributed by atoms with Gasteiger partial charge < -0.3 is 10.6 Å². The summed E-state index contributed by atoms with van der Waals surface area (Å²) >= 11 is 1.48. The number of nitrogens with two attached hydrogens (primary N) is 1. The van der Waals surface area contributed by atoms with Gasteiger partial charge in [-0.3, -0.25) is 4.79 Å². The van der Waals surface area contributed by atoms with E-state index in [1.54, 1.807) is 17.3 Å². The number of aromatic nitrogens is 1. The van der Waals surface area contributed by atoms with Crippen LogP contribution in [0.1, 0.15) is 26.6 Å². The molecule has 5 heteroatoms. The number of anilines is 1. The Balaban J connectivity index is 2.22. The molecule has 0 spiro atoms. The zero-order chi connectivity index (χ0) is 14.7. The van der Waals surface area contributed by atoms with Crippen LogP contribution in [0.3, 0.4) is 0 Å². The summed E-state index contributed by atoms with van der Waals surface area (Å²) in [4.78, 5) is 18.4. The highest BCUT2D eigenvalue weighted by atomic mass is 32.1. The second kappa shape index (κ2) is 6.15. The second-order valence-electron chi connectivity index (χ2n) is 4.88. The molecule has 1 heterocycles. The topological polar surface area (TPSA) is 59.2 Å². The molecule has 0 aliphatic carbocycles. The van der Waals surface area contributed by atoms with Crippen molar-refractivity contribution in [2.24, 2.45) is 5.73 Å². The summed E-state index contributed by atoms with van der Waals surface area (Å²) in [6.07, 6.45) is 0.714. The first-order valence-electron chi connectivity index (χ1n) is 6.52. The van der Waals surface area contributed by atoms with Gasteiger partial charge in [0.15, 0.2) is 0 Å². The number of carbonyl (C=O) groups excluding carboxylic acids is 1. The summed E-state index contributed by atoms with van der Waals surface area (Å²) in [7, 11) is 1.78. The molecule has 0 fully saturated rings. The zero-order valence-corrected chi connectivity index (χ0v) is 12.8. The smallest absolute Gasteiger partial charge is 0.277 e. The molecule has 0 aliphatic heterocycles. The minimum Gasteiger partial charge on any atom is -0.330 e. The van der Waals surface area contributed by atoms with Crippen LogP contribution in [0.2, 0.25) is 0 Å². The lowest BCUT2D eigenvalue weighted by Crippen LogP contribution is -2.26. The van der Waals surface area contributed by atoms with Crippen molar-refractivity contribution in [3.63, 3.8) is 0 Å². The molecule has 2 rings (SSSR count). The number of carbonyl (C=O) groups is 1. The molecule has 1 aromatic heterocycles. The van der Waals surface area contributed by atoms with Gasteiger partial charge in [-0.05, 0) is 43.7 Å². The van der Waals surface area contributed by atoms with E-state index in [1.807, 2.05) is 26.0 Å². The van der Waals surface area contributed by atoms with E-state index in [9.17, 15) is 4.79 Å². The van der Waals surface area contributed by atoms with Crippen LogP contribution in [0.5, 0.6) is 0 Å². The molecule has 0 atom stereocenters. The van der Waals surface area contributed by atoms with Gasteiger partial charge in [-0.15, -0.1) is 11.3 Å². The summed E-state index contributed by atoms with van der Waals surface area (Å²) in [5, 5.41) is 2.71. The zero-order valence-electron chi connectivity index (χ0n) is 12.0. The molecule has 0 bridgehead atoms. The van der Waals surface area contributed by atoms with E-state index < -0.39 is 0 Å². The molecule has 1 amide bonds. The largest absolute Gasteiger partial charge is 0.330 e. The van der Waals surface area contributed by atoms with E-state index in [2.05, 4.69) is 11.1 Å². The summed E-state index contributed by atoms with van der Waals surface area (Å²) < 4.78 is 0. The van der Waals surface area contributed by atoms with Crippen LogP contribution in [0.15, 0.2) is 23.6 Å². The molecule has 2 aromatic rings. The van der Waals surface area contributed by atoms with Gasteiger partial charge in [0.2, 0.25) is 0 Å². The maximum absolute atomic E-state index is 12.4. The summed E-state index contributed by atoms with van der Waals surface area (Å²) in [5.74, 6) is -0.0884. The number of hydrogen-bond acceptors (Lipinski definition) is 4. The molecule has 1 aromatic carbocycles. The molecule has 0 saturated carbocycles. The average molecular weight is 289 g/mol. The van der Waals surface area contributed by atoms with Gasteiger partial charge >= 0.3 is 0 Å². The second-order valence-corrected chi connectivity index (χ2v) is 5.82. The minimum atomic E-state index is -0.0884. The third-order valence-electron chi connectivity index (χ3n) is 3.03. The third-order valence-corrected chi connectivity index (χ3v) is 3.94. The fraction of sp³-hybridized carbons (Fsp3) is 0.333. The van der Waals surface area contributed by atoms with E-state index in [-0.39, 0.29) is 5.91 Å². The lowest BCUT2D eigenvalue weighted by atomic mass is 10.1. The quantitative estimate of drug-likeness (QED) is 0.941. The Bertz CT molecular complexity index is 601. The van der Waals surface area contributed by atoms with Gasteiger partial charge in [0.1, 0.15) is 5.69 Å². The summed E-state index contributed by atoms with van der Waals surface area (Å²) in [5.41, 5.74) is 9.16. The van der Waals surface area contributed by atoms with E-state index in [0.717, 1.165) is 21.8 Å². The first kappa shape index (κ1) is 14.7. The van der Waals surface area contributed by atoms with Crippen molar-refractivity contribution < 1.29 is 4.79 Å². The Hall–Kier alpha value is -1.72. The molecular weight excluding hydrogens is 270 g/mol. The van der Waals surface area contributed by atoms with Crippen LogP contribution < -0.4 is 10.6 Å². The SMILES string of the molecule is Cc1cc(C)cc(N(C)C(=O)c2csc(CCN)n2)c1. The van der Waals surface area contributed by atoms with Crippen molar-refractivity contribution >= 4 is 22.9 Å². The average Bonchev–Trinajstić information content (AvgIpc) is 2.85. The van der Waals surface area contributed by atoms with Crippen molar-refractivity contribution in [2.75, 3.05) is 18.5 Å². The predicted octanol–water partition coefficient (Wildman–Crippen LogP) is 2.54. The Morgan fingerprint density at radius 2 is 1.95 bits per heavy atom. The molecule has 0 radical (unpaired) electrons. The molecule has 0 saturated heterocycles. The van der Waals surface area contributed by atoms with Crippen molar-refractivity contribution in [1.82, 2.24) is 4.98 Å². The summed E-state index contributed by atoms with van der Waals surface area (Å²) in [6.45, 7) is 4.60. The fourth-order valence-electron chi connectivity index (χ4n) is 2.08. The lowest BCUT2D eigenvalue weighted by molar-refractivity contribution is 0.0989. The number of nitrogens with zero attached hydrogens (tertiary/aromatic N) is 2. The fourth-order valence-corrected chi connectivity index (χ4v) is 2.87. The maximum atomic E-state index is 12.4. The van der Waals surface area contributed by atoms with E-state index in [0.29, 0.717) is 18.7 Å². The van der Waals surface area contributed by atoms with Gasteiger partial charge in [0.25, 0.3) is 5.91 Å². The molecule has 106 valence electrons. The highest BCUT2D eigenvalue weighted by molar-refractivity contribution is 7.09. The van der Waals surface area contributed by atoms with Gasteiger partial charge in [-0.1, -0.05) is 6.07 Å². The monoisotopic (exact) mass is 289 g/mol.